The van der Waals surface area contributed by atoms with E-state index in [1.165, 1.54) is 0 Å². The summed E-state index contributed by atoms with van der Waals surface area (Å²) >= 11 is 1.58. The fraction of sp³-hybridized carbons (Fsp3) is 0.643. The first-order valence-corrected chi connectivity index (χ1v) is 7.83. The highest BCUT2D eigenvalue weighted by atomic mass is 32.1. The summed E-state index contributed by atoms with van der Waals surface area (Å²) in [5, 5.41) is 12.1. The number of carboxylic acids is 1. The van der Waals surface area contributed by atoms with Crippen LogP contribution in [0.5, 0.6) is 0 Å². The minimum absolute atomic E-state index is 0.00633. The summed E-state index contributed by atoms with van der Waals surface area (Å²) in [7, 11) is 0. The van der Waals surface area contributed by atoms with E-state index in [2.05, 4.69) is 4.98 Å². The van der Waals surface area contributed by atoms with E-state index in [1.54, 1.807) is 16.2 Å². The van der Waals surface area contributed by atoms with Crippen LogP contribution in [-0.4, -0.2) is 40.0 Å². The van der Waals surface area contributed by atoms with Crippen molar-refractivity contribution in [1.82, 2.24) is 9.88 Å². The molecule has 1 aromatic heterocycles. The standard InChI is InChI=1S/C14H20N2O3S/c1-3-12-15-10(8-20-12)6-13(17)16-5-4-11(14(18)19)9(2)7-16/h8-9,11H,3-7H2,1-2H3,(H,18,19). The first kappa shape index (κ1) is 15.0. The third-order valence-corrected chi connectivity index (χ3v) is 4.85. The Balaban J connectivity index is 1.92. The maximum atomic E-state index is 12.2. The lowest BCUT2D eigenvalue weighted by molar-refractivity contribution is -0.148. The number of rotatable bonds is 4. The molecule has 2 atom stereocenters. The number of nitrogens with zero attached hydrogens (tertiary/aromatic N) is 2. The number of carboxylic acid groups (broad SMARTS) is 1. The van der Waals surface area contributed by atoms with E-state index in [9.17, 15) is 9.59 Å². The Morgan fingerprint density at radius 1 is 1.55 bits per heavy atom. The molecule has 0 radical (unpaired) electrons. The van der Waals surface area contributed by atoms with Gasteiger partial charge in [0.15, 0.2) is 0 Å². The lowest BCUT2D eigenvalue weighted by Crippen LogP contribution is -2.45. The Morgan fingerprint density at radius 2 is 2.30 bits per heavy atom. The number of carbonyl (C=O) groups is 2. The number of hydrogen-bond acceptors (Lipinski definition) is 4. The number of thiazole rings is 1. The van der Waals surface area contributed by atoms with Gasteiger partial charge in [0.2, 0.25) is 5.91 Å². The van der Waals surface area contributed by atoms with Gasteiger partial charge in [-0.1, -0.05) is 13.8 Å². The SMILES string of the molecule is CCc1nc(CC(=O)N2CCC(C(=O)O)C(C)C2)cs1. The van der Waals surface area contributed by atoms with Crippen LogP contribution in [0.4, 0.5) is 0 Å². The molecule has 2 heterocycles. The molecule has 1 aliphatic heterocycles. The summed E-state index contributed by atoms with van der Waals surface area (Å²) in [6, 6.07) is 0. The van der Waals surface area contributed by atoms with Gasteiger partial charge in [-0.2, -0.15) is 0 Å². The van der Waals surface area contributed by atoms with Crippen LogP contribution in [0.15, 0.2) is 5.38 Å². The number of hydrogen-bond donors (Lipinski definition) is 1. The van der Waals surface area contributed by atoms with Gasteiger partial charge in [-0.05, 0) is 18.8 Å². The highest BCUT2D eigenvalue weighted by Crippen LogP contribution is 2.24. The van der Waals surface area contributed by atoms with Crippen molar-refractivity contribution in [1.29, 1.82) is 0 Å². The Labute approximate surface area is 122 Å². The first-order valence-electron chi connectivity index (χ1n) is 6.95. The van der Waals surface area contributed by atoms with Crippen molar-refractivity contribution in [3.05, 3.63) is 16.1 Å². The van der Waals surface area contributed by atoms with Crippen LogP contribution < -0.4 is 0 Å². The Bertz CT molecular complexity index is 500. The summed E-state index contributed by atoms with van der Waals surface area (Å²) in [4.78, 5) is 29.5. The minimum Gasteiger partial charge on any atom is -0.481 e. The van der Waals surface area contributed by atoms with Crippen molar-refractivity contribution in [2.45, 2.75) is 33.1 Å². The number of aromatic nitrogens is 1. The largest absolute Gasteiger partial charge is 0.481 e. The van der Waals surface area contributed by atoms with E-state index in [1.807, 2.05) is 19.2 Å². The molecule has 1 amide bonds. The minimum atomic E-state index is -0.753. The summed E-state index contributed by atoms with van der Waals surface area (Å²) in [6.07, 6.45) is 1.75. The third-order valence-electron chi connectivity index (χ3n) is 3.81. The van der Waals surface area contributed by atoms with Crippen molar-refractivity contribution >= 4 is 23.2 Å². The molecular formula is C14H20N2O3S. The monoisotopic (exact) mass is 296 g/mol. The van der Waals surface area contributed by atoms with Gasteiger partial charge in [-0.25, -0.2) is 4.98 Å². The fourth-order valence-electron chi connectivity index (χ4n) is 2.60. The zero-order chi connectivity index (χ0) is 14.7. The first-order chi connectivity index (χ1) is 9.51. The topological polar surface area (TPSA) is 70.5 Å². The van der Waals surface area contributed by atoms with Gasteiger partial charge in [0.05, 0.1) is 23.0 Å². The van der Waals surface area contributed by atoms with Crippen LogP contribution in [0, 0.1) is 11.8 Å². The fourth-order valence-corrected chi connectivity index (χ4v) is 3.34. The number of aryl methyl sites for hydroxylation is 1. The van der Waals surface area contributed by atoms with Crippen LogP contribution in [0.25, 0.3) is 0 Å². The molecule has 2 rings (SSSR count). The Morgan fingerprint density at radius 3 is 2.85 bits per heavy atom. The molecule has 1 N–H and O–H groups in total. The number of aliphatic carboxylic acids is 1. The van der Waals surface area contributed by atoms with Gasteiger partial charge in [-0.15, -0.1) is 11.3 Å². The van der Waals surface area contributed by atoms with Crippen LogP contribution in [-0.2, 0) is 22.4 Å². The van der Waals surface area contributed by atoms with Crippen LogP contribution in [0.2, 0.25) is 0 Å². The van der Waals surface area contributed by atoms with E-state index in [4.69, 9.17) is 5.11 Å². The Hall–Kier alpha value is -1.43. The predicted octanol–water partition coefficient (Wildman–Crippen LogP) is 1.82. The second-order valence-corrected chi connectivity index (χ2v) is 6.26. The zero-order valence-electron chi connectivity index (χ0n) is 11.8. The molecule has 2 unspecified atom stereocenters. The summed E-state index contributed by atoms with van der Waals surface area (Å²) in [6.45, 7) is 5.00. The molecule has 1 fully saturated rings. The zero-order valence-corrected chi connectivity index (χ0v) is 12.7. The normalized spacial score (nSPS) is 22.8. The smallest absolute Gasteiger partial charge is 0.306 e. The van der Waals surface area contributed by atoms with E-state index < -0.39 is 5.97 Å². The van der Waals surface area contributed by atoms with E-state index in [-0.39, 0.29) is 17.7 Å². The maximum Gasteiger partial charge on any atom is 0.306 e. The second-order valence-electron chi connectivity index (χ2n) is 5.31. The molecule has 20 heavy (non-hydrogen) atoms. The van der Waals surface area contributed by atoms with Gasteiger partial charge >= 0.3 is 5.97 Å². The summed E-state index contributed by atoms with van der Waals surface area (Å²) < 4.78 is 0. The summed E-state index contributed by atoms with van der Waals surface area (Å²) in [5.74, 6) is -1.03. The molecule has 5 nitrogen and oxygen atoms in total. The summed E-state index contributed by atoms with van der Waals surface area (Å²) in [5.41, 5.74) is 0.824. The molecule has 1 aromatic rings. The molecule has 0 aromatic carbocycles. The van der Waals surface area contributed by atoms with Crippen LogP contribution in [0.3, 0.4) is 0 Å². The molecule has 0 aliphatic carbocycles. The van der Waals surface area contributed by atoms with Gasteiger partial charge in [0.25, 0.3) is 0 Å². The van der Waals surface area contributed by atoms with Gasteiger partial charge in [0, 0.05) is 18.5 Å². The molecule has 110 valence electrons. The quantitative estimate of drug-likeness (QED) is 0.920. The number of likely N-dealkylation sites (tertiary alicyclic amines) is 1. The van der Waals surface area contributed by atoms with Crippen LogP contribution >= 0.6 is 11.3 Å². The van der Waals surface area contributed by atoms with E-state index in [0.717, 1.165) is 17.1 Å². The van der Waals surface area contributed by atoms with Gasteiger partial charge in [-0.3, -0.25) is 9.59 Å². The molecular weight excluding hydrogens is 276 g/mol. The average molecular weight is 296 g/mol. The van der Waals surface area contributed by atoms with Crippen molar-refractivity contribution in [2.24, 2.45) is 11.8 Å². The highest BCUT2D eigenvalue weighted by Gasteiger charge is 2.32. The molecule has 0 saturated carbocycles. The number of carbonyl (C=O) groups excluding carboxylic acids is 1. The van der Waals surface area contributed by atoms with Crippen molar-refractivity contribution < 1.29 is 14.7 Å². The second kappa shape index (κ2) is 6.35. The maximum absolute atomic E-state index is 12.2. The highest BCUT2D eigenvalue weighted by molar-refractivity contribution is 7.09. The van der Waals surface area contributed by atoms with Crippen molar-refractivity contribution in [3.63, 3.8) is 0 Å². The molecule has 0 spiro atoms. The van der Waals surface area contributed by atoms with E-state index >= 15 is 0 Å². The predicted molar refractivity (Wildman–Crippen MR) is 76.7 cm³/mol. The number of amides is 1. The number of piperidine rings is 1. The lowest BCUT2D eigenvalue weighted by atomic mass is 9.87. The van der Waals surface area contributed by atoms with Gasteiger partial charge in [0.1, 0.15) is 0 Å². The lowest BCUT2D eigenvalue weighted by Gasteiger charge is -2.34. The Kier molecular flexibility index (Phi) is 4.75. The van der Waals surface area contributed by atoms with Crippen LogP contribution in [0.1, 0.15) is 31.0 Å². The molecule has 1 saturated heterocycles. The average Bonchev–Trinajstić information content (AvgIpc) is 2.85. The molecule has 0 bridgehead atoms. The third kappa shape index (κ3) is 3.36. The molecule has 6 heteroatoms. The van der Waals surface area contributed by atoms with E-state index in [0.29, 0.717) is 25.9 Å². The molecule has 1 aliphatic rings. The van der Waals surface area contributed by atoms with Crippen molar-refractivity contribution in [3.8, 4) is 0 Å². The van der Waals surface area contributed by atoms with Gasteiger partial charge < -0.3 is 10.0 Å². The van der Waals surface area contributed by atoms with Crippen molar-refractivity contribution in [2.75, 3.05) is 13.1 Å².